The predicted molar refractivity (Wildman–Crippen MR) is 72.2 cm³/mol. The number of aryl methyl sites for hydroxylation is 2. The zero-order valence-corrected chi connectivity index (χ0v) is 12.2. The lowest BCUT2D eigenvalue weighted by Gasteiger charge is -2.30. The molecule has 0 spiro atoms. The van der Waals surface area contributed by atoms with Crippen molar-refractivity contribution < 1.29 is 0 Å². The smallest absolute Gasteiger partial charge is 0.0946 e. The summed E-state index contributed by atoms with van der Waals surface area (Å²) in [6, 6.07) is 0.502. The molecule has 1 atom stereocenters. The van der Waals surface area contributed by atoms with Gasteiger partial charge in [0.25, 0.3) is 0 Å². The molecule has 0 bridgehead atoms. The lowest BCUT2D eigenvalue weighted by atomic mass is 9.85. The zero-order chi connectivity index (χ0) is 12.3. The molecule has 3 heteroatoms. The highest BCUT2D eigenvalue weighted by Crippen LogP contribution is 2.25. The summed E-state index contributed by atoms with van der Waals surface area (Å²) < 4.78 is 0. The molecule has 0 aromatic carbocycles. The molecule has 2 nitrogen and oxygen atoms in total. The van der Waals surface area contributed by atoms with Crippen molar-refractivity contribution in [2.24, 2.45) is 5.41 Å². The Morgan fingerprint density at radius 2 is 1.94 bits per heavy atom. The maximum Gasteiger partial charge on any atom is 0.0946 e. The summed E-state index contributed by atoms with van der Waals surface area (Å²) in [4.78, 5) is 5.97. The minimum Gasteiger partial charge on any atom is -0.313 e. The molecule has 0 aliphatic heterocycles. The summed E-state index contributed by atoms with van der Waals surface area (Å²) in [5, 5.41) is 4.83. The lowest BCUT2D eigenvalue weighted by molar-refractivity contribution is 0.270. The van der Waals surface area contributed by atoms with Crippen molar-refractivity contribution in [1.29, 1.82) is 0 Å². The van der Waals surface area contributed by atoms with Gasteiger partial charge in [0.05, 0.1) is 10.7 Å². The first-order chi connectivity index (χ1) is 7.34. The number of hydrogen-bond acceptors (Lipinski definition) is 3. The fraction of sp³-hybridized carbons (Fsp3) is 0.769. The molecule has 0 saturated heterocycles. The van der Waals surface area contributed by atoms with Crippen LogP contribution in [0.5, 0.6) is 0 Å². The lowest BCUT2D eigenvalue weighted by Crippen LogP contribution is -2.41. The Morgan fingerprint density at radius 3 is 2.31 bits per heavy atom. The topological polar surface area (TPSA) is 24.9 Å². The third kappa shape index (κ3) is 3.56. The van der Waals surface area contributed by atoms with Crippen molar-refractivity contribution in [1.82, 2.24) is 10.3 Å². The van der Waals surface area contributed by atoms with Crippen LogP contribution < -0.4 is 5.32 Å². The van der Waals surface area contributed by atoms with Gasteiger partial charge in [-0.1, -0.05) is 27.7 Å². The molecule has 1 unspecified atom stereocenters. The van der Waals surface area contributed by atoms with Crippen LogP contribution in [0.3, 0.4) is 0 Å². The summed E-state index contributed by atoms with van der Waals surface area (Å²) in [6.07, 6.45) is 1.04. The Labute approximate surface area is 103 Å². The third-order valence-electron chi connectivity index (χ3n) is 2.95. The van der Waals surface area contributed by atoms with Crippen molar-refractivity contribution >= 4 is 11.3 Å². The molecule has 92 valence electrons. The predicted octanol–water partition coefficient (Wildman–Crippen LogP) is 3.33. The van der Waals surface area contributed by atoms with E-state index in [0.717, 1.165) is 13.0 Å². The molecule has 1 N–H and O–H groups in total. The van der Waals surface area contributed by atoms with E-state index in [9.17, 15) is 0 Å². The maximum absolute atomic E-state index is 4.62. The van der Waals surface area contributed by atoms with Gasteiger partial charge in [-0.3, -0.25) is 0 Å². The van der Waals surface area contributed by atoms with Gasteiger partial charge in [0, 0.05) is 17.3 Å². The average molecular weight is 240 g/mol. The van der Waals surface area contributed by atoms with Gasteiger partial charge in [-0.05, 0) is 25.8 Å². The van der Waals surface area contributed by atoms with Crippen LogP contribution in [-0.4, -0.2) is 17.6 Å². The first-order valence-electron chi connectivity index (χ1n) is 6.01. The highest BCUT2D eigenvalue weighted by Gasteiger charge is 2.25. The normalized spacial score (nSPS) is 14.1. The number of rotatable bonds is 4. The monoisotopic (exact) mass is 240 g/mol. The minimum absolute atomic E-state index is 0.281. The SMILES string of the molecule is CCNC(Cc1nc(C)c(C)s1)C(C)(C)C. The van der Waals surface area contributed by atoms with Crippen LogP contribution in [0.2, 0.25) is 0 Å². The molecule has 0 radical (unpaired) electrons. The summed E-state index contributed by atoms with van der Waals surface area (Å²) in [5.74, 6) is 0. The molecule has 0 saturated carbocycles. The van der Waals surface area contributed by atoms with Crippen molar-refractivity contribution in [3.8, 4) is 0 Å². The molecule has 0 aliphatic carbocycles. The molecule has 0 amide bonds. The van der Waals surface area contributed by atoms with Crippen LogP contribution in [0.15, 0.2) is 0 Å². The van der Waals surface area contributed by atoms with Gasteiger partial charge in [-0.2, -0.15) is 0 Å². The second-order valence-electron chi connectivity index (χ2n) is 5.43. The Balaban J connectivity index is 2.75. The van der Waals surface area contributed by atoms with Gasteiger partial charge >= 0.3 is 0 Å². The van der Waals surface area contributed by atoms with Crippen LogP contribution >= 0.6 is 11.3 Å². The van der Waals surface area contributed by atoms with Crippen LogP contribution in [0.4, 0.5) is 0 Å². The standard InChI is InChI=1S/C13H24N2S/c1-7-14-11(13(4,5)6)8-12-15-9(2)10(3)16-12/h11,14H,7-8H2,1-6H3. The zero-order valence-electron chi connectivity index (χ0n) is 11.3. The van der Waals surface area contributed by atoms with Crippen LogP contribution in [-0.2, 0) is 6.42 Å². The van der Waals surface area contributed by atoms with E-state index in [1.807, 2.05) is 11.3 Å². The average Bonchev–Trinajstić information content (AvgIpc) is 2.44. The Morgan fingerprint density at radius 1 is 1.31 bits per heavy atom. The number of nitrogens with zero attached hydrogens (tertiary/aromatic N) is 1. The number of likely N-dealkylation sites (N-methyl/N-ethyl adjacent to an activating group) is 1. The quantitative estimate of drug-likeness (QED) is 0.873. The van der Waals surface area contributed by atoms with Crippen LogP contribution in [0.25, 0.3) is 0 Å². The molecule has 0 aliphatic rings. The number of hydrogen-bond donors (Lipinski definition) is 1. The van der Waals surface area contributed by atoms with Gasteiger partial charge in [-0.15, -0.1) is 11.3 Å². The fourth-order valence-corrected chi connectivity index (χ4v) is 2.71. The largest absolute Gasteiger partial charge is 0.313 e. The van der Waals surface area contributed by atoms with E-state index < -0.39 is 0 Å². The first-order valence-corrected chi connectivity index (χ1v) is 6.82. The molecule has 1 heterocycles. The third-order valence-corrected chi connectivity index (χ3v) is 4.04. The fourth-order valence-electron chi connectivity index (χ4n) is 1.73. The van der Waals surface area contributed by atoms with Crippen molar-refractivity contribution in [2.45, 2.75) is 54.0 Å². The summed E-state index contributed by atoms with van der Waals surface area (Å²) in [7, 11) is 0. The Hall–Kier alpha value is -0.410. The van der Waals surface area contributed by atoms with Crippen LogP contribution in [0, 0.1) is 19.3 Å². The molecular formula is C13H24N2S. The van der Waals surface area contributed by atoms with E-state index in [0.29, 0.717) is 6.04 Å². The second kappa shape index (κ2) is 5.28. The highest BCUT2D eigenvalue weighted by molar-refractivity contribution is 7.11. The van der Waals surface area contributed by atoms with E-state index in [-0.39, 0.29) is 5.41 Å². The van der Waals surface area contributed by atoms with Gasteiger partial charge in [0.2, 0.25) is 0 Å². The van der Waals surface area contributed by atoms with Crippen molar-refractivity contribution in [2.75, 3.05) is 6.54 Å². The van der Waals surface area contributed by atoms with Gasteiger partial charge in [0.1, 0.15) is 0 Å². The van der Waals surface area contributed by atoms with Gasteiger partial charge < -0.3 is 5.32 Å². The molecule has 1 rings (SSSR count). The Bertz CT molecular complexity index is 317. The number of nitrogens with one attached hydrogen (secondary N) is 1. The van der Waals surface area contributed by atoms with E-state index in [2.05, 4.69) is 51.8 Å². The van der Waals surface area contributed by atoms with Crippen LogP contribution in [0.1, 0.15) is 43.3 Å². The molecule has 1 aromatic rings. The van der Waals surface area contributed by atoms with Crippen molar-refractivity contribution in [3.05, 3.63) is 15.6 Å². The molecule has 0 fully saturated rings. The van der Waals surface area contributed by atoms with E-state index in [4.69, 9.17) is 0 Å². The summed E-state index contributed by atoms with van der Waals surface area (Å²) >= 11 is 1.83. The molecular weight excluding hydrogens is 216 g/mol. The first kappa shape index (κ1) is 13.7. The highest BCUT2D eigenvalue weighted by atomic mass is 32.1. The molecule has 16 heavy (non-hydrogen) atoms. The van der Waals surface area contributed by atoms with Gasteiger partial charge in [0.15, 0.2) is 0 Å². The van der Waals surface area contributed by atoms with E-state index in [1.54, 1.807) is 0 Å². The van der Waals surface area contributed by atoms with E-state index in [1.165, 1.54) is 15.6 Å². The summed E-state index contributed by atoms with van der Waals surface area (Å²) in [6.45, 7) is 14.3. The Kier molecular flexibility index (Phi) is 4.51. The van der Waals surface area contributed by atoms with Crippen molar-refractivity contribution in [3.63, 3.8) is 0 Å². The van der Waals surface area contributed by atoms with Gasteiger partial charge in [-0.25, -0.2) is 4.98 Å². The minimum atomic E-state index is 0.281. The number of thiazole rings is 1. The molecule has 1 aromatic heterocycles. The second-order valence-corrected chi connectivity index (χ2v) is 6.72. The van der Waals surface area contributed by atoms with E-state index >= 15 is 0 Å². The summed E-state index contributed by atoms with van der Waals surface area (Å²) in [5.41, 5.74) is 1.47. The number of aromatic nitrogens is 1. The maximum atomic E-state index is 4.62.